The number of nitrogens with one attached hydrogen (secondary N) is 2. The number of hydrogen-bond donors (Lipinski definition) is 3. The van der Waals surface area contributed by atoms with E-state index < -0.39 is 6.10 Å². The summed E-state index contributed by atoms with van der Waals surface area (Å²) in [6.07, 6.45) is 1.96. The van der Waals surface area contributed by atoms with Gasteiger partial charge in [0, 0.05) is 13.0 Å². The maximum atomic E-state index is 11.4. The molecule has 0 aliphatic carbocycles. The van der Waals surface area contributed by atoms with Gasteiger partial charge in [0.2, 0.25) is 5.91 Å². The van der Waals surface area contributed by atoms with Crippen LogP contribution in [0.3, 0.4) is 0 Å². The zero-order valence-corrected chi connectivity index (χ0v) is 8.75. The first-order valence-electron chi connectivity index (χ1n) is 5.37. The van der Waals surface area contributed by atoms with E-state index in [9.17, 15) is 9.90 Å². The third-order valence-electron chi connectivity index (χ3n) is 2.64. The van der Waals surface area contributed by atoms with E-state index in [-0.39, 0.29) is 5.91 Å². The largest absolute Gasteiger partial charge is 0.391 e. The van der Waals surface area contributed by atoms with Crippen LogP contribution < -0.4 is 10.6 Å². The summed E-state index contributed by atoms with van der Waals surface area (Å²) in [4.78, 5) is 11.4. The average Bonchev–Trinajstić information content (AvgIpc) is 2.66. The third kappa shape index (κ3) is 4.07. The van der Waals surface area contributed by atoms with Crippen LogP contribution >= 0.6 is 0 Å². The van der Waals surface area contributed by atoms with Gasteiger partial charge in [-0.25, -0.2) is 0 Å². The Morgan fingerprint density at radius 3 is 3.07 bits per heavy atom. The fraction of sp³-hybridized carbons (Fsp3) is 0.900. The molecule has 1 aliphatic rings. The number of hydrogen-bond acceptors (Lipinski definition) is 3. The summed E-state index contributed by atoms with van der Waals surface area (Å²) in [5.74, 6) is 0.542. The molecule has 2 unspecified atom stereocenters. The number of rotatable bonds is 5. The lowest BCUT2D eigenvalue weighted by atomic mass is 10.0. The number of carbonyl (C=O) groups excluding carboxylic acids is 1. The van der Waals surface area contributed by atoms with Crippen molar-refractivity contribution >= 4 is 5.91 Å². The van der Waals surface area contributed by atoms with E-state index >= 15 is 0 Å². The van der Waals surface area contributed by atoms with E-state index in [2.05, 4.69) is 10.6 Å². The molecule has 3 N–H and O–H groups in total. The molecule has 1 aliphatic heterocycles. The molecule has 4 nitrogen and oxygen atoms in total. The highest BCUT2D eigenvalue weighted by molar-refractivity contribution is 5.76. The van der Waals surface area contributed by atoms with Crippen LogP contribution in [0, 0.1) is 5.92 Å². The van der Waals surface area contributed by atoms with Crippen LogP contribution in [0.5, 0.6) is 0 Å². The van der Waals surface area contributed by atoms with Crippen LogP contribution in [0.4, 0.5) is 0 Å². The van der Waals surface area contributed by atoms with Crippen LogP contribution in [0.1, 0.15) is 26.2 Å². The van der Waals surface area contributed by atoms with E-state index in [1.54, 1.807) is 0 Å². The van der Waals surface area contributed by atoms with E-state index in [0.29, 0.717) is 25.3 Å². The highest BCUT2D eigenvalue weighted by atomic mass is 16.3. The van der Waals surface area contributed by atoms with Gasteiger partial charge in [-0.3, -0.25) is 4.79 Å². The first-order chi connectivity index (χ1) is 6.72. The highest BCUT2D eigenvalue weighted by Gasteiger charge is 2.17. The molecular formula is C10H20N2O2. The Labute approximate surface area is 85.1 Å². The normalized spacial score (nSPS) is 23.4. The van der Waals surface area contributed by atoms with Crippen molar-refractivity contribution in [1.82, 2.24) is 10.6 Å². The Bertz CT molecular complexity index is 179. The van der Waals surface area contributed by atoms with Crippen molar-refractivity contribution in [3.63, 3.8) is 0 Å². The summed E-state index contributed by atoms with van der Waals surface area (Å²) in [6.45, 7) is 4.26. The number of carbonyl (C=O) groups is 1. The van der Waals surface area contributed by atoms with Gasteiger partial charge < -0.3 is 15.7 Å². The smallest absolute Gasteiger partial charge is 0.220 e. The van der Waals surface area contributed by atoms with Crippen molar-refractivity contribution < 1.29 is 9.90 Å². The molecule has 2 atom stereocenters. The molecule has 82 valence electrons. The average molecular weight is 200 g/mol. The molecule has 0 aromatic carbocycles. The third-order valence-corrected chi connectivity index (χ3v) is 2.64. The maximum Gasteiger partial charge on any atom is 0.220 e. The van der Waals surface area contributed by atoms with Crippen LogP contribution in [0.2, 0.25) is 0 Å². The SMILES string of the molecule is CCC(O)CNC(=O)CC1CCNC1. The molecular weight excluding hydrogens is 180 g/mol. The van der Waals surface area contributed by atoms with E-state index in [0.717, 1.165) is 19.5 Å². The van der Waals surface area contributed by atoms with E-state index in [1.807, 2.05) is 6.92 Å². The lowest BCUT2D eigenvalue weighted by Crippen LogP contribution is -2.33. The van der Waals surface area contributed by atoms with Crippen molar-refractivity contribution in [2.45, 2.75) is 32.3 Å². The predicted octanol–water partition coefficient (Wildman–Crippen LogP) is -0.127. The van der Waals surface area contributed by atoms with Gasteiger partial charge in [-0.1, -0.05) is 6.92 Å². The standard InChI is InChI=1S/C10H20N2O2/c1-2-9(13)7-12-10(14)5-8-3-4-11-6-8/h8-9,11,13H,2-7H2,1H3,(H,12,14). The Kier molecular flexibility index (Phi) is 4.90. The summed E-state index contributed by atoms with van der Waals surface area (Å²) in [6, 6.07) is 0. The van der Waals surface area contributed by atoms with Crippen molar-refractivity contribution in [3.05, 3.63) is 0 Å². The summed E-state index contributed by atoms with van der Waals surface area (Å²) in [5, 5.41) is 15.2. The predicted molar refractivity (Wildman–Crippen MR) is 54.9 cm³/mol. The van der Waals surface area contributed by atoms with Crippen molar-refractivity contribution in [3.8, 4) is 0 Å². The molecule has 0 radical (unpaired) electrons. The Morgan fingerprint density at radius 1 is 1.71 bits per heavy atom. The lowest BCUT2D eigenvalue weighted by molar-refractivity contribution is -0.122. The van der Waals surface area contributed by atoms with E-state index in [1.165, 1.54) is 0 Å². The second-order valence-electron chi connectivity index (χ2n) is 3.93. The van der Waals surface area contributed by atoms with Crippen LogP contribution in [0.25, 0.3) is 0 Å². The fourth-order valence-electron chi connectivity index (χ4n) is 1.60. The van der Waals surface area contributed by atoms with Crippen LogP contribution in [0.15, 0.2) is 0 Å². The summed E-state index contributed by atoms with van der Waals surface area (Å²) < 4.78 is 0. The van der Waals surface area contributed by atoms with Gasteiger partial charge >= 0.3 is 0 Å². The molecule has 14 heavy (non-hydrogen) atoms. The molecule has 0 aromatic rings. The summed E-state index contributed by atoms with van der Waals surface area (Å²) in [7, 11) is 0. The van der Waals surface area contributed by atoms with Gasteiger partial charge in [0.1, 0.15) is 0 Å². The zero-order chi connectivity index (χ0) is 10.4. The molecule has 0 saturated carbocycles. The fourth-order valence-corrected chi connectivity index (χ4v) is 1.60. The zero-order valence-electron chi connectivity index (χ0n) is 8.75. The molecule has 1 fully saturated rings. The Morgan fingerprint density at radius 2 is 2.50 bits per heavy atom. The van der Waals surface area contributed by atoms with Gasteiger partial charge in [0.25, 0.3) is 0 Å². The van der Waals surface area contributed by atoms with Crippen LogP contribution in [-0.4, -0.2) is 36.8 Å². The molecule has 1 heterocycles. The molecule has 0 aromatic heterocycles. The number of aliphatic hydroxyl groups excluding tert-OH is 1. The minimum absolute atomic E-state index is 0.0613. The minimum atomic E-state index is -0.402. The lowest BCUT2D eigenvalue weighted by Gasteiger charge is -2.11. The molecule has 0 bridgehead atoms. The summed E-state index contributed by atoms with van der Waals surface area (Å²) >= 11 is 0. The van der Waals surface area contributed by atoms with Crippen LogP contribution in [-0.2, 0) is 4.79 Å². The van der Waals surface area contributed by atoms with Gasteiger partial charge in [0.05, 0.1) is 6.10 Å². The summed E-state index contributed by atoms with van der Waals surface area (Å²) in [5.41, 5.74) is 0. The first kappa shape index (κ1) is 11.5. The molecule has 1 saturated heterocycles. The molecule has 4 heteroatoms. The Balaban J connectivity index is 2.09. The molecule has 0 spiro atoms. The monoisotopic (exact) mass is 200 g/mol. The van der Waals surface area contributed by atoms with Gasteiger partial charge in [-0.05, 0) is 31.8 Å². The van der Waals surface area contributed by atoms with Gasteiger partial charge in [-0.15, -0.1) is 0 Å². The number of aliphatic hydroxyl groups is 1. The topological polar surface area (TPSA) is 61.4 Å². The first-order valence-corrected chi connectivity index (χ1v) is 5.37. The van der Waals surface area contributed by atoms with Gasteiger partial charge in [-0.2, -0.15) is 0 Å². The van der Waals surface area contributed by atoms with Crippen molar-refractivity contribution in [2.24, 2.45) is 5.92 Å². The molecule has 1 amide bonds. The second-order valence-corrected chi connectivity index (χ2v) is 3.93. The maximum absolute atomic E-state index is 11.4. The minimum Gasteiger partial charge on any atom is -0.391 e. The number of amides is 1. The highest BCUT2D eigenvalue weighted by Crippen LogP contribution is 2.11. The van der Waals surface area contributed by atoms with Crippen molar-refractivity contribution in [2.75, 3.05) is 19.6 Å². The Hall–Kier alpha value is -0.610. The van der Waals surface area contributed by atoms with Gasteiger partial charge in [0.15, 0.2) is 0 Å². The molecule has 1 rings (SSSR count). The van der Waals surface area contributed by atoms with E-state index in [4.69, 9.17) is 0 Å². The second kappa shape index (κ2) is 5.98. The van der Waals surface area contributed by atoms with Crippen molar-refractivity contribution in [1.29, 1.82) is 0 Å². The quantitative estimate of drug-likeness (QED) is 0.579.